The molecule has 1 unspecified atom stereocenters. The predicted octanol–water partition coefficient (Wildman–Crippen LogP) is 2.46. The maximum Gasteiger partial charge on any atom is 0.142 e. The van der Waals surface area contributed by atoms with Crippen LogP contribution in [-0.4, -0.2) is 56.3 Å². The van der Waals surface area contributed by atoms with Crippen LogP contribution in [0, 0.1) is 0 Å². The van der Waals surface area contributed by atoms with E-state index in [0.717, 1.165) is 53.3 Å². The fraction of sp³-hybridized carbons (Fsp3) is 0.263. The molecule has 5 heterocycles. The second-order valence-corrected chi connectivity index (χ2v) is 6.83. The third kappa shape index (κ3) is 2.79. The van der Waals surface area contributed by atoms with Crippen molar-refractivity contribution in [3.8, 4) is 11.1 Å². The van der Waals surface area contributed by atoms with Crippen LogP contribution in [0.4, 0.5) is 11.6 Å². The van der Waals surface area contributed by atoms with Gasteiger partial charge in [0, 0.05) is 55.9 Å². The minimum absolute atomic E-state index is 0.390. The van der Waals surface area contributed by atoms with E-state index in [9.17, 15) is 0 Å². The van der Waals surface area contributed by atoms with E-state index in [1.807, 2.05) is 24.7 Å². The van der Waals surface area contributed by atoms with Crippen LogP contribution in [0.2, 0.25) is 0 Å². The number of hydrogen-bond donors (Lipinski definition) is 2. The van der Waals surface area contributed by atoms with E-state index in [1.165, 1.54) is 0 Å². The summed E-state index contributed by atoms with van der Waals surface area (Å²) in [5.41, 5.74) is 2.99. The first-order valence-corrected chi connectivity index (χ1v) is 9.00. The van der Waals surface area contributed by atoms with Gasteiger partial charge >= 0.3 is 0 Å². The summed E-state index contributed by atoms with van der Waals surface area (Å²) in [6, 6.07) is 6.59. The first-order valence-electron chi connectivity index (χ1n) is 9.00. The minimum atomic E-state index is 0.390. The monoisotopic (exact) mass is 360 g/mol. The van der Waals surface area contributed by atoms with Crippen LogP contribution in [-0.2, 0) is 0 Å². The van der Waals surface area contributed by atoms with Crippen molar-refractivity contribution >= 4 is 22.7 Å². The van der Waals surface area contributed by atoms with Gasteiger partial charge in [0.25, 0.3) is 0 Å². The number of fused-ring (bicyclic) bond motifs is 1. The van der Waals surface area contributed by atoms with E-state index in [4.69, 9.17) is 0 Å². The predicted molar refractivity (Wildman–Crippen MR) is 105 cm³/mol. The third-order valence-corrected chi connectivity index (χ3v) is 5.28. The molecule has 4 aromatic heterocycles. The zero-order valence-corrected chi connectivity index (χ0v) is 15.0. The van der Waals surface area contributed by atoms with Crippen molar-refractivity contribution in [1.82, 2.24) is 30.1 Å². The first-order chi connectivity index (χ1) is 13.3. The SMILES string of the molecule is CN(c1ccc(-c2cn[nH]c2)cn1)C1CCN(c2ncnc3[nH]ccc23)C1. The fourth-order valence-electron chi connectivity index (χ4n) is 3.72. The van der Waals surface area contributed by atoms with Crippen molar-refractivity contribution in [3.63, 3.8) is 0 Å². The van der Waals surface area contributed by atoms with Gasteiger partial charge in [-0.15, -0.1) is 0 Å². The molecule has 0 saturated carbocycles. The number of H-pyrrole nitrogens is 2. The van der Waals surface area contributed by atoms with Gasteiger partial charge in [-0.25, -0.2) is 15.0 Å². The van der Waals surface area contributed by atoms with Crippen molar-refractivity contribution in [3.05, 3.63) is 49.3 Å². The van der Waals surface area contributed by atoms with Crippen LogP contribution in [0.5, 0.6) is 0 Å². The molecule has 0 spiro atoms. The van der Waals surface area contributed by atoms with E-state index in [2.05, 4.69) is 59.1 Å². The Kier molecular flexibility index (Phi) is 3.74. The number of aromatic nitrogens is 6. The summed E-state index contributed by atoms with van der Waals surface area (Å²) in [6.45, 7) is 1.89. The molecule has 1 aliphatic heterocycles. The molecule has 27 heavy (non-hydrogen) atoms. The van der Waals surface area contributed by atoms with E-state index in [-0.39, 0.29) is 0 Å². The van der Waals surface area contributed by atoms with Gasteiger partial charge in [0.2, 0.25) is 0 Å². The zero-order valence-electron chi connectivity index (χ0n) is 15.0. The number of anilines is 2. The molecule has 1 saturated heterocycles. The molecule has 4 aromatic rings. The molecule has 136 valence electrons. The number of likely N-dealkylation sites (N-methyl/N-ethyl adjacent to an activating group) is 1. The molecular formula is C19H20N8. The Balaban J connectivity index is 1.33. The second-order valence-electron chi connectivity index (χ2n) is 6.83. The number of pyridine rings is 1. The van der Waals surface area contributed by atoms with Crippen molar-refractivity contribution in [2.75, 3.05) is 29.9 Å². The lowest BCUT2D eigenvalue weighted by atomic mass is 10.1. The van der Waals surface area contributed by atoms with Gasteiger partial charge in [-0.1, -0.05) is 0 Å². The number of hydrogen-bond acceptors (Lipinski definition) is 6. The number of rotatable bonds is 4. The van der Waals surface area contributed by atoms with Gasteiger partial charge in [-0.2, -0.15) is 5.10 Å². The molecule has 1 aliphatic rings. The van der Waals surface area contributed by atoms with Crippen molar-refractivity contribution in [2.24, 2.45) is 0 Å². The Hall–Kier alpha value is -3.42. The molecule has 8 heteroatoms. The third-order valence-electron chi connectivity index (χ3n) is 5.28. The highest BCUT2D eigenvalue weighted by Crippen LogP contribution is 2.28. The summed E-state index contributed by atoms with van der Waals surface area (Å²) in [7, 11) is 2.11. The molecule has 0 aromatic carbocycles. The molecule has 0 amide bonds. The Bertz CT molecular complexity index is 1040. The maximum atomic E-state index is 4.65. The lowest BCUT2D eigenvalue weighted by Crippen LogP contribution is -2.35. The largest absolute Gasteiger partial charge is 0.355 e. The van der Waals surface area contributed by atoms with Crippen LogP contribution in [0.15, 0.2) is 49.3 Å². The molecule has 2 N–H and O–H groups in total. The van der Waals surface area contributed by atoms with Crippen LogP contribution < -0.4 is 9.80 Å². The molecule has 8 nitrogen and oxygen atoms in total. The lowest BCUT2D eigenvalue weighted by Gasteiger charge is -2.26. The highest BCUT2D eigenvalue weighted by Gasteiger charge is 2.28. The first kappa shape index (κ1) is 15.8. The fourth-order valence-corrected chi connectivity index (χ4v) is 3.72. The molecule has 0 aliphatic carbocycles. The average Bonchev–Trinajstić information content (AvgIpc) is 3.48. The molecule has 0 radical (unpaired) electrons. The normalized spacial score (nSPS) is 16.9. The van der Waals surface area contributed by atoms with E-state index in [1.54, 1.807) is 12.5 Å². The summed E-state index contributed by atoms with van der Waals surface area (Å²) < 4.78 is 0. The van der Waals surface area contributed by atoms with Crippen molar-refractivity contribution in [2.45, 2.75) is 12.5 Å². The highest BCUT2D eigenvalue weighted by atomic mass is 15.3. The minimum Gasteiger partial charge on any atom is -0.355 e. The van der Waals surface area contributed by atoms with Gasteiger partial charge in [0.1, 0.15) is 23.6 Å². The topological polar surface area (TPSA) is 89.6 Å². The quantitative estimate of drug-likeness (QED) is 0.581. The Morgan fingerprint density at radius 1 is 1.11 bits per heavy atom. The van der Waals surface area contributed by atoms with Gasteiger partial charge in [0.05, 0.1) is 11.6 Å². The smallest absolute Gasteiger partial charge is 0.142 e. The van der Waals surface area contributed by atoms with E-state index in [0.29, 0.717) is 6.04 Å². The summed E-state index contributed by atoms with van der Waals surface area (Å²) in [6.07, 6.45) is 10.2. The summed E-state index contributed by atoms with van der Waals surface area (Å²) in [4.78, 5) is 21.2. The molecule has 0 bridgehead atoms. The van der Waals surface area contributed by atoms with E-state index < -0.39 is 0 Å². The summed E-state index contributed by atoms with van der Waals surface area (Å²) >= 11 is 0. The lowest BCUT2D eigenvalue weighted by molar-refractivity contribution is 0.684. The molecule has 1 fully saturated rings. The van der Waals surface area contributed by atoms with Gasteiger partial charge in [-0.3, -0.25) is 5.10 Å². The number of nitrogens with one attached hydrogen (secondary N) is 2. The molecular weight excluding hydrogens is 340 g/mol. The highest BCUT2D eigenvalue weighted by molar-refractivity contribution is 5.87. The van der Waals surface area contributed by atoms with Crippen molar-refractivity contribution in [1.29, 1.82) is 0 Å². The van der Waals surface area contributed by atoms with Crippen LogP contribution in [0.1, 0.15) is 6.42 Å². The Morgan fingerprint density at radius 3 is 2.89 bits per heavy atom. The van der Waals surface area contributed by atoms with Gasteiger partial charge in [0.15, 0.2) is 0 Å². The number of aromatic amines is 2. The molecule has 5 rings (SSSR count). The van der Waals surface area contributed by atoms with Crippen LogP contribution in [0.25, 0.3) is 22.2 Å². The van der Waals surface area contributed by atoms with Crippen LogP contribution in [0.3, 0.4) is 0 Å². The van der Waals surface area contributed by atoms with Crippen LogP contribution >= 0.6 is 0 Å². The van der Waals surface area contributed by atoms with E-state index >= 15 is 0 Å². The Morgan fingerprint density at radius 2 is 2.07 bits per heavy atom. The Labute approximate surface area is 156 Å². The van der Waals surface area contributed by atoms with Crippen molar-refractivity contribution < 1.29 is 0 Å². The van der Waals surface area contributed by atoms with Gasteiger partial charge < -0.3 is 14.8 Å². The second kappa shape index (κ2) is 6.39. The average molecular weight is 360 g/mol. The standard InChI is InChI=1S/C19H20N8/c1-26(17-3-2-13(8-21-17)14-9-24-25-10-14)15-5-7-27(11-15)19-16-4-6-20-18(16)22-12-23-19/h2-4,6,8-10,12,15H,5,7,11H2,1H3,(H,24,25)(H,20,22,23). The zero-order chi connectivity index (χ0) is 18.2. The molecule has 1 atom stereocenters. The number of nitrogens with zero attached hydrogens (tertiary/aromatic N) is 6. The maximum absolute atomic E-state index is 4.65. The summed E-state index contributed by atoms with van der Waals surface area (Å²) in [5.74, 6) is 1.98. The van der Waals surface area contributed by atoms with Gasteiger partial charge in [-0.05, 0) is 24.6 Å². The summed E-state index contributed by atoms with van der Waals surface area (Å²) in [5, 5.41) is 7.90.